The summed E-state index contributed by atoms with van der Waals surface area (Å²) in [5, 5.41) is 4.16. The van der Waals surface area contributed by atoms with E-state index in [4.69, 9.17) is 0 Å². The Labute approximate surface area is 132 Å². The van der Waals surface area contributed by atoms with Gasteiger partial charge in [0.2, 0.25) is 0 Å². The van der Waals surface area contributed by atoms with Crippen LogP contribution >= 0.6 is 0 Å². The molecular weight excluding hydrogens is 293 g/mol. The molecule has 0 radical (unpaired) electrons. The number of carbonyl (C=O) groups excluding carboxylic acids is 1. The Bertz CT molecular complexity index is 932. The summed E-state index contributed by atoms with van der Waals surface area (Å²) >= 11 is 0. The summed E-state index contributed by atoms with van der Waals surface area (Å²) in [4.78, 5) is 12.1. The molecular formula is C18H14FN3O. The minimum Gasteiger partial charge on any atom is -0.317 e. The quantitative estimate of drug-likeness (QED) is 0.725. The van der Waals surface area contributed by atoms with E-state index in [0.29, 0.717) is 5.69 Å². The van der Waals surface area contributed by atoms with Crippen molar-refractivity contribution in [2.75, 3.05) is 0 Å². The van der Waals surface area contributed by atoms with E-state index in [-0.39, 0.29) is 12.2 Å². The molecule has 114 valence electrons. The maximum atomic E-state index is 13.3. The van der Waals surface area contributed by atoms with Crippen LogP contribution in [0.1, 0.15) is 22.5 Å². The second kappa shape index (κ2) is 5.05. The second-order valence-corrected chi connectivity index (χ2v) is 5.69. The number of nitrogens with zero attached hydrogens (tertiary/aromatic N) is 3. The number of aromatic nitrogens is 3. The van der Waals surface area contributed by atoms with Crippen LogP contribution in [0.4, 0.5) is 4.39 Å². The van der Waals surface area contributed by atoms with Crippen molar-refractivity contribution in [3.63, 3.8) is 0 Å². The van der Waals surface area contributed by atoms with Crippen LogP contribution in [0.5, 0.6) is 0 Å². The first-order valence-electron chi connectivity index (χ1n) is 7.31. The third-order valence-corrected chi connectivity index (χ3v) is 4.04. The molecule has 0 bridgehead atoms. The highest BCUT2D eigenvalue weighted by Crippen LogP contribution is 2.29. The predicted molar refractivity (Wildman–Crippen MR) is 86.1 cm³/mol. The maximum Gasteiger partial charge on any atom is 0.184 e. The fraction of sp³-hybridized carbons (Fsp3) is 0.111. The van der Waals surface area contributed by atoms with Crippen LogP contribution in [-0.4, -0.2) is 20.1 Å². The Hall–Kier alpha value is -2.95. The van der Waals surface area contributed by atoms with E-state index in [2.05, 4.69) is 5.10 Å². The van der Waals surface area contributed by atoms with Gasteiger partial charge >= 0.3 is 0 Å². The van der Waals surface area contributed by atoms with Gasteiger partial charge in [0.05, 0.1) is 11.9 Å². The molecule has 0 atom stereocenters. The number of allylic oxidation sites excluding steroid dienone is 1. The first kappa shape index (κ1) is 13.7. The third kappa shape index (κ3) is 2.40. The molecule has 2 aromatic heterocycles. The molecule has 0 aliphatic carbocycles. The highest BCUT2D eigenvalue weighted by Gasteiger charge is 2.20. The summed E-state index contributed by atoms with van der Waals surface area (Å²) in [5.41, 5.74) is 4.36. The minimum absolute atomic E-state index is 0.0669. The van der Waals surface area contributed by atoms with Crippen LogP contribution in [0.25, 0.3) is 22.9 Å². The normalized spacial score (nSPS) is 13.8. The van der Waals surface area contributed by atoms with Crippen LogP contribution in [0.3, 0.4) is 0 Å². The van der Waals surface area contributed by atoms with Crippen LogP contribution in [0.2, 0.25) is 0 Å². The van der Waals surface area contributed by atoms with Crippen molar-refractivity contribution < 1.29 is 9.18 Å². The summed E-state index contributed by atoms with van der Waals surface area (Å²) in [6.45, 7) is 0. The van der Waals surface area contributed by atoms with Crippen LogP contribution in [-0.2, 0) is 7.05 Å². The van der Waals surface area contributed by atoms with Crippen molar-refractivity contribution in [2.24, 2.45) is 7.05 Å². The predicted octanol–water partition coefficient (Wildman–Crippen LogP) is 3.61. The summed E-state index contributed by atoms with van der Waals surface area (Å²) < 4.78 is 16.6. The van der Waals surface area contributed by atoms with E-state index in [9.17, 15) is 9.18 Å². The number of aryl methyl sites for hydroxylation is 1. The average molecular weight is 307 g/mol. The SMILES string of the molecule is Cn1cc(-c2ccc(C3=Cn4cc(F)cc4C(=O)C3)cc2)cn1. The summed E-state index contributed by atoms with van der Waals surface area (Å²) in [6, 6.07) is 9.24. The second-order valence-electron chi connectivity index (χ2n) is 5.69. The van der Waals surface area contributed by atoms with Crippen molar-refractivity contribution in [3.05, 3.63) is 66.0 Å². The molecule has 0 amide bonds. The van der Waals surface area contributed by atoms with E-state index in [1.807, 2.05) is 49.9 Å². The molecule has 0 unspecified atom stereocenters. The zero-order chi connectivity index (χ0) is 16.0. The molecule has 0 spiro atoms. The van der Waals surface area contributed by atoms with Crippen molar-refractivity contribution in [1.82, 2.24) is 14.3 Å². The van der Waals surface area contributed by atoms with Gasteiger partial charge in [-0.25, -0.2) is 4.39 Å². The van der Waals surface area contributed by atoms with E-state index in [0.717, 1.165) is 22.3 Å². The fourth-order valence-corrected chi connectivity index (χ4v) is 2.88. The third-order valence-electron chi connectivity index (χ3n) is 4.04. The molecule has 23 heavy (non-hydrogen) atoms. The first-order chi connectivity index (χ1) is 11.1. The number of hydrogen-bond acceptors (Lipinski definition) is 2. The molecule has 5 heteroatoms. The van der Waals surface area contributed by atoms with Gasteiger partial charge in [-0.05, 0) is 16.7 Å². The van der Waals surface area contributed by atoms with Crippen molar-refractivity contribution in [3.8, 4) is 11.1 Å². The lowest BCUT2D eigenvalue weighted by molar-refractivity contribution is 0.0990. The Balaban J connectivity index is 1.69. The molecule has 1 aliphatic rings. The fourth-order valence-electron chi connectivity index (χ4n) is 2.88. The van der Waals surface area contributed by atoms with Crippen LogP contribution in [0, 0.1) is 5.82 Å². The number of hydrogen-bond donors (Lipinski definition) is 0. The first-order valence-corrected chi connectivity index (χ1v) is 7.31. The largest absolute Gasteiger partial charge is 0.317 e. The highest BCUT2D eigenvalue weighted by atomic mass is 19.1. The van der Waals surface area contributed by atoms with E-state index in [1.54, 1.807) is 9.25 Å². The lowest BCUT2D eigenvalue weighted by Crippen LogP contribution is -2.11. The lowest BCUT2D eigenvalue weighted by Gasteiger charge is -2.15. The average Bonchev–Trinajstić information content (AvgIpc) is 3.13. The van der Waals surface area contributed by atoms with Crippen LogP contribution in [0.15, 0.2) is 48.9 Å². The van der Waals surface area contributed by atoms with E-state index < -0.39 is 5.82 Å². The molecule has 0 fully saturated rings. The van der Waals surface area contributed by atoms with Crippen LogP contribution < -0.4 is 0 Å². The number of ketones is 1. The molecule has 1 aromatic carbocycles. The van der Waals surface area contributed by atoms with Crippen molar-refractivity contribution in [1.29, 1.82) is 0 Å². The van der Waals surface area contributed by atoms with E-state index in [1.165, 1.54) is 12.3 Å². The Morgan fingerprint density at radius 2 is 1.83 bits per heavy atom. The van der Waals surface area contributed by atoms with Gasteiger partial charge < -0.3 is 4.57 Å². The van der Waals surface area contributed by atoms with Gasteiger partial charge in [0.15, 0.2) is 5.78 Å². The molecule has 4 rings (SSSR count). The van der Waals surface area contributed by atoms with Gasteiger partial charge in [0, 0.05) is 43.7 Å². The van der Waals surface area contributed by atoms with Crippen molar-refractivity contribution >= 4 is 17.6 Å². The summed E-state index contributed by atoms with van der Waals surface area (Å²) in [7, 11) is 1.88. The summed E-state index contributed by atoms with van der Waals surface area (Å²) in [6.07, 6.45) is 7.20. The lowest BCUT2D eigenvalue weighted by atomic mass is 9.96. The monoisotopic (exact) mass is 307 g/mol. The maximum absolute atomic E-state index is 13.3. The standard InChI is InChI=1S/C18H14FN3O/c1-21-9-15(8-20-21)13-4-2-12(3-5-13)14-6-18(23)17-7-16(19)11-22(17)10-14/h2-5,7-11H,6H2,1H3. The number of carbonyl (C=O) groups is 1. The number of halogens is 1. The number of rotatable bonds is 2. The number of benzene rings is 1. The minimum atomic E-state index is -0.391. The molecule has 0 saturated heterocycles. The van der Waals surface area contributed by atoms with Crippen molar-refractivity contribution in [2.45, 2.75) is 6.42 Å². The molecule has 4 nitrogen and oxygen atoms in total. The van der Waals surface area contributed by atoms with Gasteiger partial charge in [-0.3, -0.25) is 9.48 Å². The van der Waals surface area contributed by atoms with Gasteiger partial charge in [-0.1, -0.05) is 24.3 Å². The zero-order valence-corrected chi connectivity index (χ0v) is 12.5. The molecule has 0 N–H and O–H groups in total. The van der Waals surface area contributed by atoms with E-state index >= 15 is 0 Å². The summed E-state index contributed by atoms with van der Waals surface area (Å²) in [5.74, 6) is -0.458. The smallest absolute Gasteiger partial charge is 0.184 e. The molecule has 3 aromatic rings. The van der Waals surface area contributed by atoms with Gasteiger partial charge in [0.1, 0.15) is 5.82 Å². The van der Waals surface area contributed by atoms with Gasteiger partial charge in [-0.15, -0.1) is 0 Å². The Kier molecular flexibility index (Phi) is 3.01. The zero-order valence-electron chi connectivity index (χ0n) is 12.5. The molecule has 3 heterocycles. The highest BCUT2D eigenvalue weighted by molar-refractivity contribution is 6.06. The van der Waals surface area contributed by atoms with Gasteiger partial charge in [-0.2, -0.15) is 5.10 Å². The Morgan fingerprint density at radius 1 is 1.09 bits per heavy atom. The number of Topliss-reactive ketones (excluding diaryl/α,β-unsaturated/α-hetero) is 1. The molecule has 0 saturated carbocycles. The Morgan fingerprint density at radius 3 is 2.52 bits per heavy atom. The topological polar surface area (TPSA) is 39.8 Å². The number of fused-ring (bicyclic) bond motifs is 1. The van der Waals surface area contributed by atoms with Gasteiger partial charge in [0.25, 0.3) is 0 Å². The molecule has 1 aliphatic heterocycles.